The van der Waals surface area contributed by atoms with Crippen LogP contribution >= 0.6 is 35.3 Å². The minimum absolute atomic E-state index is 0. The lowest BCUT2D eigenvalue weighted by molar-refractivity contribution is 0.370. The highest BCUT2D eigenvalue weighted by atomic mass is 127. The minimum atomic E-state index is 0. The summed E-state index contributed by atoms with van der Waals surface area (Å²) >= 11 is 1.81. The molecule has 0 radical (unpaired) electrons. The average molecular weight is 489 g/mol. The number of aryl methyl sites for hydroxylation is 1. The molecule has 0 aliphatic heterocycles. The van der Waals surface area contributed by atoms with E-state index >= 15 is 0 Å². The fourth-order valence-electron chi connectivity index (χ4n) is 2.45. The van der Waals surface area contributed by atoms with Gasteiger partial charge in [-0.1, -0.05) is 19.1 Å². The van der Waals surface area contributed by atoms with Crippen LogP contribution < -0.4 is 15.4 Å². The predicted molar refractivity (Wildman–Crippen MR) is 120 cm³/mol. The molecule has 5 nitrogen and oxygen atoms in total. The van der Waals surface area contributed by atoms with Gasteiger partial charge in [-0.05, 0) is 43.5 Å². The molecule has 0 fully saturated rings. The molecular weight excluding hydrogens is 461 g/mol. The van der Waals surface area contributed by atoms with Gasteiger partial charge in [0.05, 0.1) is 13.7 Å². The number of benzene rings is 1. The van der Waals surface area contributed by atoms with E-state index in [4.69, 9.17) is 4.74 Å². The van der Waals surface area contributed by atoms with E-state index < -0.39 is 0 Å². The molecule has 0 spiro atoms. The zero-order valence-electron chi connectivity index (χ0n) is 15.5. The molecule has 26 heavy (non-hydrogen) atoms. The molecule has 1 aromatic carbocycles. The standard InChI is InChI=1S/C19H27N3O2S.HI/c1-4-15-9-10-16(25-15)13-22-19(20-5-2)21-12-11-14-7-6-8-17(24-3)18(14)23;/h6-10,23H,4-5,11-13H2,1-3H3,(H2,20,21,22);1H. The normalized spacial score (nSPS) is 11.0. The van der Waals surface area contributed by atoms with Crippen LogP contribution in [0.25, 0.3) is 0 Å². The number of hydrogen-bond acceptors (Lipinski definition) is 4. The third-order valence-electron chi connectivity index (χ3n) is 3.79. The predicted octanol–water partition coefficient (Wildman–Crippen LogP) is 3.94. The van der Waals surface area contributed by atoms with Crippen molar-refractivity contribution < 1.29 is 9.84 Å². The van der Waals surface area contributed by atoms with Crippen molar-refractivity contribution in [2.24, 2.45) is 4.99 Å². The summed E-state index contributed by atoms with van der Waals surface area (Å²) in [6.45, 7) is 6.37. The monoisotopic (exact) mass is 489 g/mol. The number of methoxy groups -OCH3 is 1. The number of phenols is 1. The average Bonchev–Trinajstić information content (AvgIpc) is 3.09. The lowest BCUT2D eigenvalue weighted by Gasteiger charge is -2.12. The van der Waals surface area contributed by atoms with Gasteiger partial charge in [0.2, 0.25) is 0 Å². The van der Waals surface area contributed by atoms with Crippen molar-refractivity contribution in [1.82, 2.24) is 10.6 Å². The van der Waals surface area contributed by atoms with Crippen LogP contribution in [-0.2, 0) is 19.4 Å². The Bertz CT molecular complexity index is 704. The molecule has 2 rings (SSSR count). The topological polar surface area (TPSA) is 65.9 Å². The van der Waals surface area contributed by atoms with Crippen LogP contribution in [0.5, 0.6) is 11.5 Å². The maximum absolute atomic E-state index is 10.1. The number of halogens is 1. The van der Waals surface area contributed by atoms with Crippen LogP contribution in [0.15, 0.2) is 35.3 Å². The molecule has 1 heterocycles. The van der Waals surface area contributed by atoms with Gasteiger partial charge >= 0.3 is 0 Å². The lowest BCUT2D eigenvalue weighted by Crippen LogP contribution is -2.38. The summed E-state index contributed by atoms with van der Waals surface area (Å²) in [5.74, 6) is 1.50. The number of rotatable bonds is 8. The van der Waals surface area contributed by atoms with E-state index in [0.717, 1.165) is 24.5 Å². The van der Waals surface area contributed by atoms with Gasteiger partial charge in [-0.15, -0.1) is 35.3 Å². The highest BCUT2D eigenvalue weighted by Crippen LogP contribution is 2.29. The summed E-state index contributed by atoms with van der Waals surface area (Å²) in [5.41, 5.74) is 0.855. The summed E-state index contributed by atoms with van der Waals surface area (Å²) in [5, 5.41) is 16.7. The number of nitrogens with zero attached hydrogens (tertiary/aromatic N) is 1. The third-order valence-corrected chi connectivity index (χ3v) is 5.01. The lowest BCUT2D eigenvalue weighted by atomic mass is 10.1. The number of aromatic hydroxyl groups is 1. The van der Waals surface area contributed by atoms with Gasteiger partial charge in [-0.25, -0.2) is 4.99 Å². The summed E-state index contributed by atoms with van der Waals surface area (Å²) in [6, 6.07) is 9.85. The Morgan fingerprint density at radius 3 is 2.58 bits per heavy atom. The van der Waals surface area contributed by atoms with E-state index in [9.17, 15) is 5.11 Å². The van der Waals surface area contributed by atoms with Crippen LogP contribution in [0, 0.1) is 0 Å². The first kappa shape index (κ1) is 22.6. The number of guanidine groups is 1. The molecule has 1 aromatic heterocycles. The van der Waals surface area contributed by atoms with E-state index in [1.54, 1.807) is 13.2 Å². The van der Waals surface area contributed by atoms with Crippen LogP contribution in [0.4, 0.5) is 0 Å². The third kappa shape index (κ3) is 6.68. The Morgan fingerprint density at radius 2 is 1.92 bits per heavy atom. The van der Waals surface area contributed by atoms with Crippen molar-refractivity contribution in [2.45, 2.75) is 33.2 Å². The van der Waals surface area contributed by atoms with Gasteiger partial charge in [0.1, 0.15) is 0 Å². The molecule has 0 unspecified atom stereocenters. The van der Waals surface area contributed by atoms with Crippen molar-refractivity contribution in [1.29, 1.82) is 0 Å². The van der Waals surface area contributed by atoms with Gasteiger partial charge in [-0.3, -0.25) is 0 Å². The maximum Gasteiger partial charge on any atom is 0.191 e. The number of hydrogen-bond donors (Lipinski definition) is 3. The van der Waals surface area contributed by atoms with E-state index in [0.29, 0.717) is 25.3 Å². The summed E-state index contributed by atoms with van der Waals surface area (Å²) < 4.78 is 5.15. The van der Waals surface area contributed by atoms with Gasteiger partial charge in [-0.2, -0.15) is 0 Å². The minimum Gasteiger partial charge on any atom is -0.504 e. The van der Waals surface area contributed by atoms with Gasteiger partial charge < -0.3 is 20.5 Å². The van der Waals surface area contributed by atoms with Crippen molar-refractivity contribution >= 4 is 41.3 Å². The molecule has 0 saturated heterocycles. The second-order valence-corrected chi connectivity index (χ2v) is 6.81. The highest BCUT2D eigenvalue weighted by Gasteiger charge is 2.07. The summed E-state index contributed by atoms with van der Waals surface area (Å²) in [7, 11) is 1.56. The summed E-state index contributed by atoms with van der Waals surface area (Å²) in [4.78, 5) is 7.29. The Kier molecular flexibility index (Phi) is 10.4. The van der Waals surface area contributed by atoms with Gasteiger partial charge in [0, 0.05) is 22.8 Å². The number of phenolic OH excluding ortho intramolecular Hbond substituents is 1. The van der Waals surface area contributed by atoms with Crippen LogP contribution in [0.2, 0.25) is 0 Å². The molecule has 0 saturated carbocycles. The maximum atomic E-state index is 10.1. The zero-order valence-corrected chi connectivity index (χ0v) is 18.7. The molecule has 0 atom stereocenters. The second kappa shape index (κ2) is 12.0. The molecular formula is C19H28IN3O2S. The van der Waals surface area contributed by atoms with Crippen molar-refractivity contribution in [3.05, 3.63) is 45.6 Å². The van der Waals surface area contributed by atoms with Gasteiger partial charge in [0.15, 0.2) is 17.5 Å². The Morgan fingerprint density at radius 1 is 1.15 bits per heavy atom. The first-order chi connectivity index (χ1) is 12.2. The molecule has 3 N–H and O–H groups in total. The first-order valence-electron chi connectivity index (χ1n) is 8.62. The second-order valence-electron chi connectivity index (χ2n) is 5.56. The van der Waals surface area contributed by atoms with Crippen molar-refractivity contribution in [2.75, 3.05) is 20.2 Å². The zero-order chi connectivity index (χ0) is 18.1. The highest BCUT2D eigenvalue weighted by molar-refractivity contribution is 14.0. The number of thiophene rings is 1. The van der Waals surface area contributed by atoms with E-state index in [1.807, 2.05) is 30.4 Å². The largest absolute Gasteiger partial charge is 0.504 e. The fraction of sp³-hybridized carbons (Fsp3) is 0.421. The first-order valence-corrected chi connectivity index (χ1v) is 9.44. The number of ether oxygens (including phenoxy) is 1. The number of para-hydroxylation sites is 1. The van der Waals surface area contributed by atoms with E-state index in [1.165, 1.54) is 9.75 Å². The van der Waals surface area contributed by atoms with E-state index in [2.05, 4.69) is 34.7 Å². The SMILES string of the molecule is CCNC(=NCc1ccc(CC)s1)NCCc1cccc(OC)c1O.I. The van der Waals surface area contributed by atoms with Crippen LogP contribution in [-0.4, -0.2) is 31.3 Å². The van der Waals surface area contributed by atoms with E-state index in [-0.39, 0.29) is 29.7 Å². The molecule has 0 aliphatic rings. The molecule has 2 aromatic rings. The smallest absolute Gasteiger partial charge is 0.191 e. The Balaban J connectivity index is 0.00000338. The fourth-order valence-corrected chi connectivity index (χ4v) is 3.33. The molecule has 0 bridgehead atoms. The van der Waals surface area contributed by atoms with Crippen LogP contribution in [0.3, 0.4) is 0 Å². The van der Waals surface area contributed by atoms with Gasteiger partial charge in [0.25, 0.3) is 0 Å². The quantitative estimate of drug-likeness (QED) is 0.299. The van der Waals surface area contributed by atoms with Crippen molar-refractivity contribution in [3.8, 4) is 11.5 Å². The molecule has 0 aliphatic carbocycles. The molecule has 7 heteroatoms. The van der Waals surface area contributed by atoms with Crippen molar-refractivity contribution in [3.63, 3.8) is 0 Å². The molecule has 0 amide bonds. The Hall–Kier alpha value is -1.48. The number of aliphatic imine (C=N–C) groups is 1. The number of nitrogens with one attached hydrogen (secondary N) is 2. The Labute approximate surface area is 176 Å². The summed E-state index contributed by atoms with van der Waals surface area (Å²) in [6.07, 6.45) is 1.75. The molecule has 144 valence electrons. The van der Waals surface area contributed by atoms with Crippen LogP contribution in [0.1, 0.15) is 29.2 Å².